The monoisotopic (exact) mass is 283 g/mol. The van der Waals surface area contributed by atoms with Gasteiger partial charge >= 0.3 is 0 Å². The lowest BCUT2D eigenvalue weighted by atomic mass is 10.1. The molecule has 1 N–H and O–H groups in total. The molecule has 3 rings (SSSR count). The van der Waals surface area contributed by atoms with Crippen molar-refractivity contribution in [1.82, 2.24) is 0 Å². The number of ether oxygens (including phenoxy) is 2. The first kappa shape index (κ1) is 13.8. The van der Waals surface area contributed by atoms with Crippen LogP contribution in [0.4, 0.5) is 5.69 Å². The third kappa shape index (κ3) is 3.13. The lowest BCUT2D eigenvalue weighted by Gasteiger charge is -2.13. The quantitative estimate of drug-likeness (QED) is 0.920. The van der Waals surface area contributed by atoms with E-state index in [-0.39, 0.29) is 0 Å². The number of rotatable bonds is 3. The van der Waals surface area contributed by atoms with Crippen LogP contribution >= 0.6 is 0 Å². The number of fused-ring (bicyclic) bond motifs is 1. The minimum absolute atomic E-state index is 0.723. The fraction of sp³-hybridized carbons (Fsp3) is 0.333. The summed E-state index contributed by atoms with van der Waals surface area (Å²) in [5.74, 6) is 1.70. The zero-order valence-electron chi connectivity index (χ0n) is 12.6. The van der Waals surface area contributed by atoms with Crippen LogP contribution in [0.5, 0.6) is 11.5 Å². The third-order valence-electron chi connectivity index (χ3n) is 3.90. The number of hydrogen-bond donors (Lipinski definition) is 1. The maximum atomic E-state index is 5.73. The highest BCUT2D eigenvalue weighted by atomic mass is 16.5. The topological polar surface area (TPSA) is 30.5 Å². The summed E-state index contributed by atoms with van der Waals surface area (Å²) in [5, 5.41) is 3.50. The molecule has 0 aliphatic carbocycles. The van der Waals surface area contributed by atoms with Crippen LogP contribution in [0.1, 0.15) is 23.1 Å². The summed E-state index contributed by atoms with van der Waals surface area (Å²) in [6.45, 7) is 6.51. The van der Waals surface area contributed by atoms with Crippen molar-refractivity contribution < 1.29 is 9.47 Å². The summed E-state index contributed by atoms with van der Waals surface area (Å²) in [5.41, 5.74) is 4.98. The van der Waals surface area contributed by atoms with Crippen molar-refractivity contribution in [2.75, 3.05) is 18.5 Å². The second-order valence-electron chi connectivity index (χ2n) is 5.43. The Kier molecular flexibility index (Phi) is 4.00. The third-order valence-corrected chi connectivity index (χ3v) is 3.90. The van der Waals surface area contributed by atoms with Crippen LogP contribution in [0.25, 0.3) is 0 Å². The molecule has 2 aromatic carbocycles. The molecule has 0 amide bonds. The Bertz CT molecular complexity index is 637. The molecule has 0 atom stereocenters. The average Bonchev–Trinajstić information content (AvgIpc) is 2.73. The Hall–Kier alpha value is -2.16. The Morgan fingerprint density at radius 2 is 1.81 bits per heavy atom. The fourth-order valence-corrected chi connectivity index (χ4v) is 2.46. The molecule has 1 aliphatic heterocycles. The number of aryl methyl sites for hydroxylation is 1. The molecular formula is C18H21NO2. The fourth-order valence-electron chi connectivity index (χ4n) is 2.46. The van der Waals surface area contributed by atoms with E-state index in [9.17, 15) is 0 Å². The molecule has 2 aromatic rings. The van der Waals surface area contributed by atoms with Crippen LogP contribution in [0.3, 0.4) is 0 Å². The molecular weight excluding hydrogens is 262 g/mol. The molecule has 0 spiro atoms. The molecule has 1 aliphatic rings. The van der Waals surface area contributed by atoms with Gasteiger partial charge in [-0.05, 0) is 48.7 Å². The Morgan fingerprint density at radius 1 is 1.00 bits per heavy atom. The zero-order valence-corrected chi connectivity index (χ0v) is 12.6. The van der Waals surface area contributed by atoms with Crippen LogP contribution in [0.15, 0.2) is 36.4 Å². The number of benzene rings is 2. The van der Waals surface area contributed by atoms with E-state index in [1.165, 1.54) is 22.4 Å². The summed E-state index contributed by atoms with van der Waals surface area (Å²) >= 11 is 0. The molecule has 0 bridgehead atoms. The summed E-state index contributed by atoms with van der Waals surface area (Å²) in [6, 6.07) is 12.5. The van der Waals surface area contributed by atoms with Crippen molar-refractivity contribution in [2.24, 2.45) is 0 Å². The lowest BCUT2D eigenvalue weighted by molar-refractivity contribution is 0.297. The van der Waals surface area contributed by atoms with E-state index < -0.39 is 0 Å². The van der Waals surface area contributed by atoms with E-state index in [0.29, 0.717) is 0 Å². The standard InChI is InChI=1S/C18H21NO2/c1-13-5-3-6-16(14(13)2)19-12-15-7-8-17-18(11-15)21-10-4-9-20-17/h3,5-8,11,19H,4,9-10,12H2,1-2H3. The molecule has 3 heteroatoms. The first-order valence-electron chi connectivity index (χ1n) is 7.42. The minimum atomic E-state index is 0.723. The predicted octanol–water partition coefficient (Wildman–Crippen LogP) is 4.08. The van der Waals surface area contributed by atoms with Crippen molar-refractivity contribution in [2.45, 2.75) is 26.8 Å². The number of anilines is 1. The average molecular weight is 283 g/mol. The molecule has 0 aromatic heterocycles. The van der Waals surface area contributed by atoms with E-state index in [1.807, 2.05) is 6.07 Å². The largest absolute Gasteiger partial charge is 0.490 e. The Morgan fingerprint density at radius 3 is 2.67 bits per heavy atom. The van der Waals surface area contributed by atoms with Gasteiger partial charge in [-0.15, -0.1) is 0 Å². The van der Waals surface area contributed by atoms with Gasteiger partial charge in [-0.1, -0.05) is 18.2 Å². The van der Waals surface area contributed by atoms with E-state index in [1.54, 1.807) is 0 Å². The minimum Gasteiger partial charge on any atom is -0.490 e. The molecule has 1 heterocycles. The number of hydrogen-bond acceptors (Lipinski definition) is 3. The van der Waals surface area contributed by atoms with Crippen molar-refractivity contribution in [1.29, 1.82) is 0 Å². The smallest absolute Gasteiger partial charge is 0.161 e. The second kappa shape index (κ2) is 6.08. The van der Waals surface area contributed by atoms with E-state index >= 15 is 0 Å². The van der Waals surface area contributed by atoms with Crippen LogP contribution < -0.4 is 14.8 Å². The summed E-state index contributed by atoms with van der Waals surface area (Å²) in [4.78, 5) is 0. The maximum Gasteiger partial charge on any atom is 0.161 e. The van der Waals surface area contributed by atoms with E-state index in [4.69, 9.17) is 9.47 Å². The van der Waals surface area contributed by atoms with Crippen LogP contribution in [-0.2, 0) is 6.54 Å². The van der Waals surface area contributed by atoms with Gasteiger partial charge in [-0.3, -0.25) is 0 Å². The van der Waals surface area contributed by atoms with Gasteiger partial charge in [0.05, 0.1) is 13.2 Å². The molecule has 21 heavy (non-hydrogen) atoms. The van der Waals surface area contributed by atoms with E-state index in [2.05, 4.69) is 49.5 Å². The van der Waals surface area contributed by atoms with Crippen LogP contribution in [0.2, 0.25) is 0 Å². The van der Waals surface area contributed by atoms with Crippen LogP contribution in [0, 0.1) is 13.8 Å². The van der Waals surface area contributed by atoms with Gasteiger partial charge in [-0.25, -0.2) is 0 Å². The van der Waals surface area contributed by atoms with Crippen molar-refractivity contribution in [3.05, 3.63) is 53.1 Å². The Labute approximate surface area is 125 Å². The van der Waals surface area contributed by atoms with Crippen molar-refractivity contribution >= 4 is 5.69 Å². The molecule has 0 saturated carbocycles. The highest BCUT2D eigenvalue weighted by molar-refractivity contribution is 5.54. The highest BCUT2D eigenvalue weighted by Crippen LogP contribution is 2.30. The second-order valence-corrected chi connectivity index (χ2v) is 5.43. The Balaban J connectivity index is 1.73. The summed E-state index contributed by atoms with van der Waals surface area (Å²) < 4.78 is 11.4. The van der Waals surface area contributed by atoms with Crippen LogP contribution in [-0.4, -0.2) is 13.2 Å². The normalized spacial score (nSPS) is 13.6. The first-order valence-corrected chi connectivity index (χ1v) is 7.42. The van der Waals surface area contributed by atoms with Gasteiger partial charge in [0.2, 0.25) is 0 Å². The van der Waals surface area contributed by atoms with Gasteiger partial charge in [0.15, 0.2) is 11.5 Å². The predicted molar refractivity (Wildman–Crippen MR) is 85.3 cm³/mol. The number of nitrogens with one attached hydrogen (secondary N) is 1. The van der Waals surface area contributed by atoms with Gasteiger partial charge in [0.25, 0.3) is 0 Å². The zero-order chi connectivity index (χ0) is 14.7. The van der Waals surface area contributed by atoms with Gasteiger partial charge in [0, 0.05) is 18.7 Å². The van der Waals surface area contributed by atoms with Gasteiger partial charge in [-0.2, -0.15) is 0 Å². The lowest BCUT2D eigenvalue weighted by Crippen LogP contribution is -2.02. The summed E-state index contributed by atoms with van der Waals surface area (Å²) in [7, 11) is 0. The first-order chi connectivity index (χ1) is 10.2. The molecule has 0 saturated heterocycles. The molecule has 0 radical (unpaired) electrons. The maximum absolute atomic E-state index is 5.73. The summed E-state index contributed by atoms with van der Waals surface area (Å²) in [6.07, 6.45) is 0.935. The van der Waals surface area contributed by atoms with Crippen molar-refractivity contribution in [3.8, 4) is 11.5 Å². The SMILES string of the molecule is Cc1cccc(NCc2ccc3c(c2)OCCCO3)c1C. The highest BCUT2D eigenvalue weighted by Gasteiger charge is 2.10. The molecule has 0 fully saturated rings. The van der Waals surface area contributed by atoms with Crippen molar-refractivity contribution in [3.63, 3.8) is 0 Å². The van der Waals surface area contributed by atoms with Gasteiger partial charge < -0.3 is 14.8 Å². The molecule has 0 unspecified atom stereocenters. The van der Waals surface area contributed by atoms with Gasteiger partial charge in [0.1, 0.15) is 0 Å². The molecule has 110 valence electrons. The van der Waals surface area contributed by atoms with E-state index in [0.717, 1.165) is 37.7 Å². The molecule has 3 nitrogen and oxygen atoms in total.